The van der Waals surface area contributed by atoms with Crippen LogP contribution in [-0.2, 0) is 14.4 Å². The second kappa shape index (κ2) is 24.2. The summed E-state index contributed by atoms with van der Waals surface area (Å²) in [6.45, 7) is 6.23. The van der Waals surface area contributed by atoms with Gasteiger partial charge in [0.15, 0.2) is 0 Å². The summed E-state index contributed by atoms with van der Waals surface area (Å²) in [7, 11) is 0. The van der Waals surface area contributed by atoms with E-state index in [-0.39, 0.29) is 19.3 Å². The number of carbonyl (C=O) groups is 3. The van der Waals surface area contributed by atoms with Gasteiger partial charge in [0.05, 0.1) is 6.07 Å². The molecule has 7 heteroatoms. The van der Waals surface area contributed by atoms with Crippen LogP contribution in [0.2, 0.25) is 0 Å². The fourth-order valence-corrected chi connectivity index (χ4v) is 0. The number of carboxylic acids is 3. The van der Waals surface area contributed by atoms with Crippen molar-refractivity contribution in [1.82, 2.24) is 0 Å². The zero-order chi connectivity index (χ0) is 15.6. The summed E-state index contributed by atoms with van der Waals surface area (Å²) in [5.41, 5.74) is 0. The molecule has 0 aliphatic carbocycles. The maximum absolute atomic E-state index is 9.37. The molecule has 0 amide bonds. The van der Waals surface area contributed by atoms with E-state index in [1.165, 1.54) is 6.92 Å². The highest BCUT2D eigenvalue weighted by Crippen LogP contribution is 1.68. The fraction of sp³-hybridized carbons (Fsp3) is 0.636. The van der Waals surface area contributed by atoms with Gasteiger partial charge in [0.1, 0.15) is 0 Å². The number of aliphatic carboxylic acids is 3. The molecule has 0 atom stereocenters. The van der Waals surface area contributed by atoms with Gasteiger partial charge in [0.2, 0.25) is 0 Å². The Hall–Kier alpha value is -2.10. The molecule has 0 saturated carbocycles. The lowest BCUT2D eigenvalue weighted by Crippen LogP contribution is -1.86. The quantitative estimate of drug-likeness (QED) is 0.708. The number of rotatable bonds is 3. The molecule has 3 N–H and O–H groups in total. The predicted molar refractivity (Wildman–Crippen MR) is 65.1 cm³/mol. The van der Waals surface area contributed by atoms with Crippen molar-refractivity contribution in [3.05, 3.63) is 0 Å². The Morgan fingerprint density at radius 1 is 0.833 bits per heavy atom. The first-order valence-corrected chi connectivity index (χ1v) is 5.19. The molecule has 0 fully saturated rings. The first-order valence-electron chi connectivity index (χ1n) is 5.19. The molecule has 0 radical (unpaired) electrons. The Labute approximate surface area is 107 Å². The first-order chi connectivity index (χ1) is 8.22. The van der Waals surface area contributed by atoms with Crippen molar-refractivity contribution in [3.63, 3.8) is 0 Å². The van der Waals surface area contributed by atoms with Gasteiger partial charge in [0, 0.05) is 26.2 Å². The van der Waals surface area contributed by atoms with Gasteiger partial charge < -0.3 is 15.3 Å². The topological polar surface area (TPSA) is 136 Å². The Morgan fingerprint density at radius 2 is 0.889 bits per heavy atom. The maximum atomic E-state index is 9.37. The van der Waals surface area contributed by atoms with E-state index < -0.39 is 17.9 Å². The van der Waals surface area contributed by atoms with Gasteiger partial charge in [-0.1, -0.05) is 20.8 Å². The summed E-state index contributed by atoms with van der Waals surface area (Å²) in [5, 5.41) is 30.5. The largest absolute Gasteiger partial charge is 0.481 e. The van der Waals surface area contributed by atoms with Crippen molar-refractivity contribution in [2.45, 2.75) is 47.0 Å². The minimum Gasteiger partial charge on any atom is -0.481 e. The van der Waals surface area contributed by atoms with Crippen molar-refractivity contribution in [2.24, 2.45) is 0 Å². The molecule has 0 unspecified atom stereocenters. The fourth-order valence-electron chi connectivity index (χ4n) is 0. The summed E-state index contributed by atoms with van der Waals surface area (Å²) >= 11 is 0. The molecule has 0 saturated heterocycles. The summed E-state index contributed by atoms with van der Waals surface area (Å²) in [5.74, 6) is -2.24. The average molecular weight is 263 g/mol. The lowest BCUT2D eigenvalue weighted by atomic mass is 10.5. The molecule has 0 spiro atoms. The van der Waals surface area contributed by atoms with Crippen LogP contribution >= 0.6 is 0 Å². The lowest BCUT2D eigenvalue weighted by molar-refractivity contribution is -0.137. The molecule has 0 rings (SSSR count). The summed E-state index contributed by atoms with van der Waals surface area (Å²) < 4.78 is 0. The summed E-state index contributed by atoms with van der Waals surface area (Å²) in [4.78, 5) is 28.1. The summed E-state index contributed by atoms with van der Waals surface area (Å²) in [6, 6.07) is 1.75. The smallest absolute Gasteiger partial charge is 0.303 e. The van der Waals surface area contributed by atoms with Gasteiger partial charge in [0.25, 0.3) is 0 Å². The van der Waals surface area contributed by atoms with E-state index in [1.807, 2.05) is 0 Å². The van der Waals surface area contributed by atoms with Gasteiger partial charge in [-0.15, -0.1) is 0 Å². The van der Waals surface area contributed by atoms with E-state index in [9.17, 15) is 14.4 Å². The molecule has 0 aliphatic rings. The molecule has 18 heavy (non-hydrogen) atoms. The highest BCUT2D eigenvalue weighted by atomic mass is 16.4. The van der Waals surface area contributed by atoms with Gasteiger partial charge >= 0.3 is 17.9 Å². The monoisotopic (exact) mass is 263 g/mol. The standard InChI is InChI=1S/3C3H6O2.C2H3N/c3*1-2-3(4)5;1-2-3/h3*2H2,1H3,(H,4,5);1H3. The van der Waals surface area contributed by atoms with Crippen LogP contribution in [0.3, 0.4) is 0 Å². The van der Waals surface area contributed by atoms with E-state index >= 15 is 0 Å². The average Bonchev–Trinajstić information content (AvgIpc) is 2.31. The minimum absolute atomic E-state index is 0.222. The van der Waals surface area contributed by atoms with Crippen molar-refractivity contribution < 1.29 is 29.7 Å². The van der Waals surface area contributed by atoms with E-state index in [1.54, 1.807) is 26.8 Å². The lowest BCUT2D eigenvalue weighted by Gasteiger charge is -1.71. The predicted octanol–water partition coefficient (Wildman–Crippen LogP) is 1.97. The highest BCUT2D eigenvalue weighted by molar-refractivity contribution is 5.66. The molecule has 0 aliphatic heterocycles. The Morgan fingerprint density at radius 3 is 0.889 bits per heavy atom. The van der Waals surface area contributed by atoms with Crippen molar-refractivity contribution in [2.75, 3.05) is 0 Å². The van der Waals surface area contributed by atoms with Gasteiger partial charge in [-0.2, -0.15) is 5.26 Å². The van der Waals surface area contributed by atoms with Crippen LogP contribution in [0.25, 0.3) is 0 Å². The normalized spacial score (nSPS) is 6.61. The molecule has 0 bridgehead atoms. The zero-order valence-electron chi connectivity index (χ0n) is 11.1. The molecule has 7 nitrogen and oxygen atoms in total. The van der Waals surface area contributed by atoms with Gasteiger partial charge in [-0.3, -0.25) is 14.4 Å². The number of nitrogens with zero attached hydrogens (tertiary/aromatic N) is 1. The van der Waals surface area contributed by atoms with E-state index in [4.69, 9.17) is 20.6 Å². The molecule has 0 aromatic heterocycles. The third-order valence-electron chi connectivity index (χ3n) is 0.907. The van der Waals surface area contributed by atoms with Crippen molar-refractivity contribution in [1.29, 1.82) is 5.26 Å². The second-order valence-electron chi connectivity index (χ2n) is 2.47. The number of carboxylic acid groups (broad SMARTS) is 3. The third-order valence-corrected chi connectivity index (χ3v) is 0.907. The number of nitriles is 1. The Kier molecular flexibility index (Phi) is 33.6. The van der Waals surface area contributed by atoms with Crippen LogP contribution in [0, 0.1) is 11.3 Å². The van der Waals surface area contributed by atoms with E-state index in [2.05, 4.69) is 0 Å². The number of hydrogen-bond donors (Lipinski definition) is 3. The van der Waals surface area contributed by atoms with Gasteiger partial charge in [-0.25, -0.2) is 0 Å². The Bertz CT molecular complexity index is 223. The van der Waals surface area contributed by atoms with Crippen LogP contribution in [0.15, 0.2) is 0 Å². The maximum Gasteiger partial charge on any atom is 0.303 e. The number of hydrogen-bond acceptors (Lipinski definition) is 4. The van der Waals surface area contributed by atoms with Gasteiger partial charge in [-0.05, 0) is 0 Å². The van der Waals surface area contributed by atoms with Crippen LogP contribution in [0.1, 0.15) is 47.0 Å². The zero-order valence-corrected chi connectivity index (χ0v) is 11.1. The molecule has 106 valence electrons. The minimum atomic E-state index is -0.745. The van der Waals surface area contributed by atoms with Crippen LogP contribution in [0.5, 0.6) is 0 Å². The molecule has 0 aromatic carbocycles. The van der Waals surface area contributed by atoms with Crippen molar-refractivity contribution in [3.8, 4) is 6.07 Å². The van der Waals surface area contributed by atoms with Crippen LogP contribution in [-0.4, -0.2) is 33.2 Å². The first kappa shape index (κ1) is 24.9. The Balaban J connectivity index is -0.0000000739. The van der Waals surface area contributed by atoms with E-state index in [0.717, 1.165) is 0 Å². The third kappa shape index (κ3) is 152. The molecule has 0 aromatic rings. The van der Waals surface area contributed by atoms with Crippen LogP contribution in [0.4, 0.5) is 0 Å². The molecular weight excluding hydrogens is 242 g/mol. The second-order valence-corrected chi connectivity index (χ2v) is 2.47. The van der Waals surface area contributed by atoms with E-state index in [0.29, 0.717) is 0 Å². The van der Waals surface area contributed by atoms with Crippen molar-refractivity contribution >= 4 is 17.9 Å². The van der Waals surface area contributed by atoms with Crippen LogP contribution < -0.4 is 0 Å². The molecular formula is C11H21NO6. The highest BCUT2D eigenvalue weighted by Gasteiger charge is 1.81. The summed E-state index contributed by atoms with van der Waals surface area (Å²) in [6.07, 6.45) is 0.667. The SMILES string of the molecule is CC#N.CCC(=O)O.CCC(=O)O.CCC(=O)O. The molecule has 0 heterocycles.